The van der Waals surface area contributed by atoms with Gasteiger partial charge in [0.2, 0.25) is 0 Å². The van der Waals surface area contributed by atoms with E-state index in [0.29, 0.717) is 10.8 Å². The van der Waals surface area contributed by atoms with Crippen molar-refractivity contribution in [3.8, 4) is 0 Å². The van der Waals surface area contributed by atoms with Gasteiger partial charge in [0.15, 0.2) is 0 Å². The topological polar surface area (TPSA) is 26.0 Å². The normalized spacial score (nSPS) is 36.8. The summed E-state index contributed by atoms with van der Waals surface area (Å²) in [5, 5.41) is 0. The van der Waals surface area contributed by atoms with Crippen LogP contribution in [0.5, 0.6) is 0 Å². The first kappa shape index (κ1) is 7.60. The van der Waals surface area contributed by atoms with Crippen LogP contribution in [0.1, 0.15) is 40.5 Å². The molecule has 0 atom stereocenters. The third-order valence-electron chi connectivity index (χ3n) is 4.42. The Labute approximate surface area is 69.4 Å². The molecule has 0 aromatic carbocycles. The van der Waals surface area contributed by atoms with Gasteiger partial charge in [-0.3, -0.25) is 0 Å². The van der Waals surface area contributed by atoms with E-state index in [9.17, 15) is 0 Å². The van der Waals surface area contributed by atoms with Gasteiger partial charge in [-0.1, -0.05) is 27.7 Å². The Morgan fingerprint density at radius 1 is 1.00 bits per heavy atom. The average molecular weight is 153 g/mol. The Bertz CT molecular complexity index is 185. The van der Waals surface area contributed by atoms with Crippen LogP contribution < -0.4 is 5.73 Å². The highest BCUT2D eigenvalue weighted by Crippen LogP contribution is 2.75. The maximum atomic E-state index is 6.20. The predicted molar refractivity (Wildman–Crippen MR) is 47.2 cm³/mol. The minimum atomic E-state index is 0.229. The summed E-state index contributed by atoms with van der Waals surface area (Å²) < 4.78 is 0. The molecule has 0 unspecified atom stereocenters. The largest absolute Gasteiger partial charge is 0.325 e. The van der Waals surface area contributed by atoms with Crippen LogP contribution in [0.15, 0.2) is 0 Å². The molecular weight excluding hydrogens is 134 g/mol. The summed E-state index contributed by atoms with van der Waals surface area (Å²) in [7, 11) is 0. The van der Waals surface area contributed by atoms with E-state index in [4.69, 9.17) is 5.73 Å². The van der Waals surface area contributed by atoms with Crippen LogP contribution in [0.2, 0.25) is 0 Å². The highest BCUT2D eigenvalue weighted by Gasteiger charge is 2.73. The van der Waals surface area contributed by atoms with E-state index in [1.807, 2.05) is 0 Å². The van der Waals surface area contributed by atoms with Crippen molar-refractivity contribution in [3.63, 3.8) is 0 Å². The molecule has 0 aromatic rings. The Morgan fingerprint density at radius 2 is 1.36 bits per heavy atom. The molecule has 0 heterocycles. The van der Waals surface area contributed by atoms with Crippen LogP contribution in [0.25, 0.3) is 0 Å². The molecule has 2 aliphatic rings. The zero-order valence-electron chi connectivity index (χ0n) is 8.07. The number of nitrogens with two attached hydrogens (primary N) is 1. The third-order valence-corrected chi connectivity index (χ3v) is 4.42. The lowest BCUT2D eigenvalue weighted by atomic mass is 10.0. The van der Waals surface area contributed by atoms with Crippen LogP contribution in [-0.2, 0) is 0 Å². The van der Waals surface area contributed by atoms with Crippen molar-refractivity contribution in [1.82, 2.24) is 0 Å². The molecule has 2 aliphatic carbocycles. The van der Waals surface area contributed by atoms with E-state index in [1.54, 1.807) is 0 Å². The van der Waals surface area contributed by atoms with Gasteiger partial charge in [0.1, 0.15) is 0 Å². The second kappa shape index (κ2) is 1.52. The van der Waals surface area contributed by atoms with Crippen molar-refractivity contribution in [1.29, 1.82) is 0 Å². The zero-order valence-corrected chi connectivity index (χ0v) is 8.07. The quantitative estimate of drug-likeness (QED) is 0.614. The van der Waals surface area contributed by atoms with Crippen LogP contribution >= 0.6 is 0 Å². The summed E-state index contributed by atoms with van der Waals surface area (Å²) in [5.41, 5.74) is 7.40. The molecule has 0 bridgehead atoms. The Morgan fingerprint density at radius 3 is 1.45 bits per heavy atom. The monoisotopic (exact) mass is 153 g/mol. The van der Waals surface area contributed by atoms with E-state index in [-0.39, 0.29) is 5.54 Å². The Balaban J connectivity index is 2.21. The lowest BCUT2D eigenvalue weighted by Crippen LogP contribution is -2.27. The first-order valence-electron chi connectivity index (χ1n) is 4.61. The SMILES string of the molecule is CC1(C)C(C2(N)CC2)C1(C)C. The van der Waals surface area contributed by atoms with Gasteiger partial charge in [0, 0.05) is 5.54 Å². The second-order valence-corrected chi connectivity index (χ2v) is 5.61. The van der Waals surface area contributed by atoms with Gasteiger partial charge in [0.05, 0.1) is 0 Å². The number of rotatable bonds is 1. The molecule has 0 saturated heterocycles. The molecule has 0 amide bonds. The molecule has 64 valence electrons. The average Bonchev–Trinajstić information content (AvgIpc) is 2.54. The van der Waals surface area contributed by atoms with E-state index < -0.39 is 0 Å². The van der Waals surface area contributed by atoms with Gasteiger partial charge in [-0.2, -0.15) is 0 Å². The lowest BCUT2D eigenvalue weighted by molar-refractivity contribution is 0.457. The van der Waals surface area contributed by atoms with E-state index in [2.05, 4.69) is 27.7 Å². The van der Waals surface area contributed by atoms with Crippen molar-refractivity contribution in [2.75, 3.05) is 0 Å². The zero-order chi connectivity index (χ0) is 8.49. The molecule has 2 N–H and O–H groups in total. The molecule has 2 fully saturated rings. The van der Waals surface area contributed by atoms with Gasteiger partial charge in [-0.25, -0.2) is 0 Å². The highest BCUT2D eigenvalue weighted by atomic mass is 14.9. The third kappa shape index (κ3) is 0.703. The molecule has 0 aliphatic heterocycles. The minimum absolute atomic E-state index is 0.229. The van der Waals surface area contributed by atoms with Gasteiger partial charge >= 0.3 is 0 Å². The van der Waals surface area contributed by atoms with Crippen LogP contribution in [0.3, 0.4) is 0 Å². The molecule has 0 radical (unpaired) electrons. The summed E-state index contributed by atoms with van der Waals surface area (Å²) >= 11 is 0. The first-order valence-corrected chi connectivity index (χ1v) is 4.61. The summed E-state index contributed by atoms with van der Waals surface area (Å²) in [6.45, 7) is 9.41. The van der Waals surface area contributed by atoms with Crippen molar-refractivity contribution in [2.24, 2.45) is 22.5 Å². The van der Waals surface area contributed by atoms with Crippen LogP contribution in [0, 0.1) is 16.7 Å². The summed E-state index contributed by atoms with van der Waals surface area (Å²) in [6, 6.07) is 0. The van der Waals surface area contributed by atoms with Crippen molar-refractivity contribution in [2.45, 2.75) is 46.1 Å². The van der Waals surface area contributed by atoms with E-state index >= 15 is 0 Å². The molecule has 2 saturated carbocycles. The fraction of sp³-hybridized carbons (Fsp3) is 1.00. The molecule has 1 nitrogen and oxygen atoms in total. The van der Waals surface area contributed by atoms with Crippen LogP contribution in [-0.4, -0.2) is 5.54 Å². The molecule has 2 rings (SSSR count). The fourth-order valence-corrected chi connectivity index (χ4v) is 3.07. The predicted octanol–water partition coefficient (Wildman–Crippen LogP) is 2.16. The summed E-state index contributed by atoms with van der Waals surface area (Å²) in [4.78, 5) is 0. The molecular formula is C10H19N. The van der Waals surface area contributed by atoms with Crippen molar-refractivity contribution < 1.29 is 0 Å². The van der Waals surface area contributed by atoms with E-state index in [1.165, 1.54) is 12.8 Å². The molecule has 11 heavy (non-hydrogen) atoms. The number of hydrogen-bond donors (Lipinski definition) is 1. The van der Waals surface area contributed by atoms with Gasteiger partial charge in [0.25, 0.3) is 0 Å². The Hall–Kier alpha value is -0.0400. The maximum Gasteiger partial charge on any atom is 0.0194 e. The van der Waals surface area contributed by atoms with Gasteiger partial charge in [-0.15, -0.1) is 0 Å². The first-order chi connectivity index (χ1) is 4.82. The second-order valence-electron chi connectivity index (χ2n) is 5.61. The van der Waals surface area contributed by atoms with Gasteiger partial charge in [-0.05, 0) is 29.6 Å². The molecule has 1 heteroatoms. The number of hydrogen-bond acceptors (Lipinski definition) is 1. The van der Waals surface area contributed by atoms with Gasteiger partial charge < -0.3 is 5.73 Å². The fourth-order valence-electron chi connectivity index (χ4n) is 3.07. The van der Waals surface area contributed by atoms with E-state index in [0.717, 1.165) is 5.92 Å². The molecule has 0 spiro atoms. The lowest BCUT2D eigenvalue weighted by Gasteiger charge is -2.09. The maximum absolute atomic E-state index is 6.20. The summed E-state index contributed by atoms with van der Waals surface area (Å²) in [6.07, 6.45) is 2.51. The standard InChI is InChI=1S/C10H19N/c1-8(2)7(9(8,3)4)10(11)5-6-10/h7H,5-6,11H2,1-4H3. The highest BCUT2D eigenvalue weighted by molar-refractivity contribution is 5.25. The molecule has 0 aromatic heterocycles. The smallest absolute Gasteiger partial charge is 0.0194 e. The minimum Gasteiger partial charge on any atom is -0.325 e. The summed E-state index contributed by atoms with van der Waals surface area (Å²) in [5.74, 6) is 0.766. The van der Waals surface area contributed by atoms with Crippen molar-refractivity contribution >= 4 is 0 Å². The van der Waals surface area contributed by atoms with Crippen molar-refractivity contribution in [3.05, 3.63) is 0 Å². The van der Waals surface area contributed by atoms with Crippen LogP contribution in [0.4, 0.5) is 0 Å². The Kier molecular flexibility index (Phi) is 1.05.